The largest absolute Gasteiger partial charge is 0.324 e. The number of hydrogen-bond donors (Lipinski definition) is 2. The molecule has 0 spiro atoms. The van der Waals surface area contributed by atoms with Crippen LogP contribution < -0.4 is 11.1 Å². The molecule has 0 aliphatic rings. The van der Waals surface area contributed by atoms with Gasteiger partial charge in [0.2, 0.25) is 0 Å². The first kappa shape index (κ1) is 12.1. The van der Waals surface area contributed by atoms with Crippen molar-refractivity contribution in [3.05, 3.63) is 48.0 Å². The quantitative estimate of drug-likeness (QED) is 0.844. The molecule has 0 aromatic heterocycles. The summed E-state index contributed by atoms with van der Waals surface area (Å²) in [6.07, 6.45) is 0. The van der Waals surface area contributed by atoms with Crippen LogP contribution in [0.3, 0.4) is 0 Å². The standard InChI is InChI=1S/C15H20N2/c1-15(2,16)11-17-10-13-8-5-7-12-6-3-4-9-14(12)13/h3-9,17H,10-11,16H2,1-2H3. The zero-order chi connectivity index (χ0) is 12.3. The van der Waals surface area contributed by atoms with Gasteiger partial charge >= 0.3 is 0 Å². The van der Waals surface area contributed by atoms with E-state index in [9.17, 15) is 0 Å². The van der Waals surface area contributed by atoms with Gasteiger partial charge in [0.05, 0.1) is 0 Å². The van der Waals surface area contributed by atoms with Crippen LogP contribution in [0.5, 0.6) is 0 Å². The Morgan fingerprint density at radius 3 is 2.53 bits per heavy atom. The van der Waals surface area contributed by atoms with Crippen LogP contribution in [0, 0.1) is 0 Å². The molecule has 2 aromatic rings. The molecular formula is C15H20N2. The number of fused-ring (bicyclic) bond motifs is 1. The summed E-state index contributed by atoms with van der Waals surface area (Å²) in [6, 6.07) is 14.9. The highest BCUT2D eigenvalue weighted by Crippen LogP contribution is 2.18. The van der Waals surface area contributed by atoms with Crippen LogP contribution in [0.4, 0.5) is 0 Å². The Hall–Kier alpha value is -1.38. The molecule has 2 rings (SSSR count). The van der Waals surface area contributed by atoms with Crippen LogP contribution >= 0.6 is 0 Å². The number of rotatable bonds is 4. The minimum Gasteiger partial charge on any atom is -0.324 e. The molecule has 2 nitrogen and oxygen atoms in total. The SMILES string of the molecule is CC(C)(N)CNCc1cccc2ccccc12. The predicted molar refractivity (Wildman–Crippen MR) is 73.9 cm³/mol. The fraction of sp³-hybridized carbons (Fsp3) is 0.333. The molecule has 0 bridgehead atoms. The third kappa shape index (κ3) is 3.29. The van der Waals surface area contributed by atoms with E-state index >= 15 is 0 Å². The van der Waals surface area contributed by atoms with E-state index in [1.807, 2.05) is 13.8 Å². The van der Waals surface area contributed by atoms with Crippen LogP contribution in [0.2, 0.25) is 0 Å². The summed E-state index contributed by atoms with van der Waals surface area (Å²) in [5.74, 6) is 0. The second-order valence-corrected chi connectivity index (χ2v) is 5.23. The first-order valence-electron chi connectivity index (χ1n) is 6.02. The van der Waals surface area contributed by atoms with Crippen molar-refractivity contribution >= 4 is 10.8 Å². The number of nitrogens with two attached hydrogens (primary N) is 1. The van der Waals surface area contributed by atoms with Crippen molar-refractivity contribution in [2.45, 2.75) is 25.9 Å². The van der Waals surface area contributed by atoms with Gasteiger partial charge in [-0.05, 0) is 30.2 Å². The number of benzene rings is 2. The highest BCUT2D eigenvalue weighted by atomic mass is 14.9. The van der Waals surface area contributed by atoms with Crippen molar-refractivity contribution in [1.29, 1.82) is 0 Å². The lowest BCUT2D eigenvalue weighted by Crippen LogP contribution is -2.42. The summed E-state index contributed by atoms with van der Waals surface area (Å²) < 4.78 is 0. The molecule has 0 atom stereocenters. The van der Waals surface area contributed by atoms with Gasteiger partial charge in [-0.15, -0.1) is 0 Å². The number of hydrogen-bond acceptors (Lipinski definition) is 2. The Bertz CT molecular complexity index is 492. The Kier molecular flexibility index (Phi) is 3.46. The minimum atomic E-state index is -0.162. The lowest BCUT2D eigenvalue weighted by atomic mass is 10.0. The van der Waals surface area contributed by atoms with Gasteiger partial charge in [-0.25, -0.2) is 0 Å². The van der Waals surface area contributed by atoms with E-state index in [1.54, 1.807) is 0 Å². The van der Waals surface area contributed by atoms with Gasteiger partial charge in [0.25, 0.3) is 0 Å². The van der Waals surface area contributed by atoms with Crippen LogP contribution in [0.1, 0.15) is 19.4 Å². The molecule has 3 N–H and O–H groups in total. The van der Waals surface area contributed by atoms with Crippen molar-refractivity contribution in [3.8, 4) is 0 Å². The molecule has 0 unspecified atom stereocenters. The number of nitrogens with one attached hydrogen (secondary N) is 1. The molecule has 0 saturated heterocycles. The summed E-state index contributed by atoms with van der Waals surface area (Å²) in [7, 11) is 0. The average Bonchev–Trinajstić information content (AvgIpc) is 2.28. The zero-order valence-corrected chi connectivity index (χ0v) is 10.5. The van der Waals surface area contributed by atoms with E-state index in [0.717, 1.165) is 13.1 Å². The third-order valence-electron chi connectivity index (χ3n) is 2.78. The fourth-order valence-electron chi connectivity index (χ4n) is 1.97. The molecule has 2 heteroatoms. The van der Waals surface area contributed by atoms with E-state index in [2.05, 4.69) is 47.8 Å². The summed E-state index contributed by atoms with van der Waals surface area (Å²) in [5.41, 5.74) is 7.11. The second kappa shape index (κ2) is 4.86. The molecule has 90 valence electrons. The average molecular weight is 228 g/mol. The molecule has 0 aliphatic carbocycles. The van der Waals surface area contributed by atoms with Crippen LogP contribution in [0.15, 0.2) is 42.5 Å². The van der Waals surface area contributed by atoms with Gasteiger partial charge in [-0.1, -0.05) is 42.5 Å². The molecule has 0 amide bonds. The predicted octanol–water partition coefficient (Wildman–Crippen LogP) is 2.67. The third-order valence-corrected chi connectivity index (χ3v) is 2.78. The van der Waals surface area contributed by atoms with Crippen LogP contribution in [0.25, 0.3) is 10.8 Å². The van der Waals surface area contributed by atoms with Gasteiger partial charge in [-0.3, -0.25) is 0 Å². The highest BCUT2D eigenvalue weighted by molar-refractivity contribution is 5.85. The molecular weight excluding hydrogens is 208 g/mol. The Balaban J connectivity index is 2.13. The Morgan fingerprint density at radius 1 is 1.06 bits per heavy atom. The summed E-state index contributed by atoms with van der Waals surface area (Å²) >= 11 is 0. The maximum Gasteiger partial charge on any atom is 0.0223 e. The van der Waals surface area contributed by atoms with Gasteiger partial charge in [0.15, 0.2) is 0 Å². The first-order chi connectivity index (χ1) is 8.06. The lowest BCUT2D eigenvalue weighted by Gasteiger charge is -2.19. The zero-order valence-electron chi connectivity index (χ0n) is 10.5. The molecule has 0 fully saturated rings. The molecule has 0 saturated carbocycles. The van der Waals surface area contributed by atoms with E-state index in [4.69, 9.17) is 5.73 Å². The molecule has 17 heavy (non-hydrogen) atoms. The van der Waals surface area contributed by atoms with Gasteiger partial charge in [0, 0.05) is 18.6 Å². The van der Waals surface area contributed by atoms with Crippen molar-refractivity contribution in [2.24, 2.45) is 5.73 Å². The Labute approximate surface area is 103 Å². The van der Waals surface area contributed by atoms with Crippen LogP contribution in [-0.2, 0) is 6.54 Å². The van der Waals surface area contributed by atoms with Gasteiger partial charge in [-0.2, -0.15) is 0 Å². The Morgan fingerprint density at radius 2 is 1.76 bits per heavy atom. The topological polar surface area (TPSA) is 38.0 Å². The minimum absolute atomic E-state index is 0.162. The van der Waals surface area contributed by atoms with Crippen molar-refractivity contribution in [3.63, 3.8) is 0 Å². The summed E-state index contributed by atoms with van der Waals surface area (Å²) in [6.45, 7) is 5.74. The molecule has 0 radical (unpaired) electrons. The lowest BCUT2D eigenvalue weighted by molar-refractivity contribution is 0.467. The first-order valence-corrected chi connectivity index (χ1v) is 6.02. The second-order valence-electron chi connectivity index (χ2n) is 5.23. The van der Waals surface area contributed by atoms with Crippen molar-refractivity contribution in [1.82, 2.24) is 5.32 Å². The maximum atomic E-state index is 5.95. The molecule has 2 aromatic carbocycles. The normalized spacial score (nSPS) is 11.9. The smallest absolute Gasteiger partial charge is 0.0223 e. The van der Waals surface area contributed by atoms with Gasteiger partial charge < -0.3 is 11.1 Å². The van der Waals surface area contributed by atoms with E-state index < -0.39 is 0 Å². The maximum absolute atomic E-state index is 5.95. The van der Waals surface area contributed by atoms with E-state index in [1.165, 1.54) is 16.3 Å². The van der Waals surface area contributed by atoms with E-state index in [-0.39, 0.29) is 5.54 Å². The summed E-state index contributed by atoms with van der Waals surface area (Å²) in [5, 5.41) is 6.02. The molecule has 0 heterocycles. The van der Waals surface area contributed by atoms with E-state index in [0.29, 0.717) is 0 Å². The van der Waals surface area contributed by atoms with Gasteiger partial charge in [0.1, 0.15) is 0 Å². The highest BCUT2D eigenvalue weighted by Gasteiger charge is 2.09. The molecule has 0 aliphatic heterocycles. The fourth-order valence-corrected chi connectivity index (χ4v) is 1.97. The van der Waals surface area contributed by atoms with Crippen LogP contribution in [-0.4, -0.2) is 12.1 Å². The van der Waals surface area contributed by atoms with Crippen molar-refractivity contribution < 1.29 is 0 Å². The monoisotopic (exact) mass is 228 g/mol. The summed E-state index contributed by atoms with van der Waals surface area (Å²) in [4.78, 5) is 0. The van der Waals surface area contributed by atoms with Crippen molar-refractivity contribution in [2.75, 3.05) is 6.54 Å².